The second kappa shape index (κ2) is 5.97. The zero-order valence-electron chi connectivity index (χ0n) is 11.8. The first-order valence-electron chi connectivity index (χ1n) is 6.32. The zero-order valence-corrected chi connectivity index (χ0v) is 13.4. The lowest BCUT2D eigenvalue weighted by atomic mass is 9.95. The Labute approximate surface area is 117 Å². The van der Waals surface area contributed by atoms with Crippen LogP contribution >= 0.6 is 15.9 Å². The van der Waals surface area contributed by atoms with Gasteiger partial charge in [-0.3, -0.25) is 9.48 Å². The summed E-state index contributed by atoms with van der Waals surface area (Å²) in [5.41, 5.74) is 1.45. The molecular weight excluding hydrogens is 294 g/mol. The molecule has 0 atom stereocenters. The summed E-state index contributed by atoms with van der Waals surface area (Å²) >= 11 is 3.54. The van der Waals surface area contributed by atoms with E-state index in [1.807, 2.05) is 27.8 Å². The molecule has 1 N–H and O–H groups in total. The number of aromatic nitrogens is 2. The first kappa shape index (κ1) is 15.4. The minimum absolute atomic E-state index is 0.177. The number of halogens is 1. The molecule has 18 heavy (non-hydrogen) atoms. The van der Waals surface area contributed by atoms with Crippen LogP contribution in [-0.4, -0.2) is 27.6 Å². The molecule has 0 aliphatic heterocycles. The van der Waals surface area contributed by atoms with E-state index >= 15 is 0 Å². The van der Waals surface area contributed by atoms with Gasteiger partial charge in [-0.2, -0.15) is 5.10 Å². The van der Waals surface area contributed by atoms with Crippen molar-refractivity contribution in [1.82, 2.24) is 15.1 Å². The van der Waals surface area contributed by atoms with Crippen LogP contribution in [0.1, 0.15) is 39.1 Å². The minimum atomic E-state index is -0.495. The Morgan fingerprint density at radius 2 is 2.06 bits per heavy atom. The summed E-state index contributed by atoms with van der Waals surface area (Å²) in [6, 6.07) is 0. The fraction of sp³-hybridized carbons (Fsp3) is 0.692. The number of nitrogens with zero attached hydrogens (tertiary/aromatic N) is 2. The maximum absolute atomic E-state index is 12.3. The second-order valence-electron chi connectivity index (χ2n) is 4.94. The fourth-order valence-corrected chi connectivity index (χ4v) is 2.68. The van der Waals surface area contributed by atoms with E-state index in [-0.39, 0.29) is 5.78 Å². The maximum atomic E-state index is 12.3. The molecule has 0 aliphatic rings. The topological polar surface area (TPSA) is 46.9 Å². The van der Waals surface area contributed by atoms with Crippen molar-refractivity contribution < 1.29 is 4.79 Å². The molecule has 4 nitrogen and oxygen atoms in total. The molecular formula is C13H22BrN3O. The van der Waals surface area contributed by atoms with Crippen LogP contribution in [0, 0.1) is 0 Å². The summed E-state index contributed by atoms with van der Waals surface area (Å²) in [6.07, 6.45) is 1.25. The van der Waals surface area contributed by atoms with Crippen molar-refractivity contribution in [2.24, 2.45) is 7.05 Å². The second-order valence-corrected chi connectivity index (χ2v) is 5.73. The summed E-state index contributed by atoms with van der Waals surface area (Å²) < 4.78 is 2.76. The summed E-state index contributed by atoms with van der Waals surface area (Å²) in [6.45, 7) is 8.69. The van der Waals surface area contributed by atoms with E-state index in [0.29, 0.717) is 6.42 Å². The molecule has 0 aliphatic carbocycles. The number of carbonyl (C=O) groups excluding carboxylic acids is 1. The summed E-state index contributed by atoms with van der Waals surface area (Å²) in [4.78, 5) is 12.3. The predicted octanol–water partition coefficient (Wildman–Crippen LogP) is 2.24. The number of hydrogen-bond donors (Lipinski definition) is 1. The van der Waals surface area contributed by atoms with Gasteiger partial charge in [0.1, 0.15) is 0 Å². The van der Waals surface area contributed by atoms with Gasteiger partial charge in [-0.25, -0.2) is 0 Å². The summed E-state index contributed by atoms with van der Waals surface area (Å²) in [7, 11) is 1.88. The van der Waals surface area contributed by atoms with E-state index in [4.69, 9.17) is 0 Å². The van der Waals surface area contributed by atoms with Gasteiger partial charge in [0, 0.05) is 7.05 Å². The van der Waals surface area contributed by atoms with Crippen LogP contribution < -0.4 is 5.32 Å². The van der Waals surface area contributed by atoms with Crippen molar-refractivity contribution in [3.05, 3.63) is 15.9 Å². The molecule has 102 valence electrons. The summed E-state index contributed by atoms with van der Waals surface area (Å²) in [5, 5.41) is 7.61. The largest absolute Gasteiger partial charge is 0.306 e. The number of hydrogen-bond acceptors (Lipinski definition) is 3. The van der Waals surface area contributed by atoms with Gasteiger partial charge in [0.05, 0.1) is 27.8 Å². The number of nitrogens with one attached hydrogen (secondary N) is 1. The van der Waals surface area contributed by atoms with Gasteiger partial charge in [0.15, 0.2) is 5.78 Å². The number of carbonyl (C=O) groups is 1. The molecule has 1 rings (SSSR count). The van der Waals surface area contributed by atoms with Crippen LogP contribution in [0.4, 0.5) is 0 Å². The minimum Gasteiger partial charge on any atom is -0.306 e. The standard InChI is InChI=1S/C13H22BrN3O/c1-6-9-12(14)10(17(5)16-9)8-11(18)13(3,4)15-7-2/h15H,6-8H2,1-5H3. The highest BCUT2D eigenvalue weighted by atomic mass is 79.9. The SMILES string of the molecule is CCNC(C)(C)C(=O)Cc1c(Br)c(CC)nn1C. The van der Waals surface area contributed by atoms with Crippen molar-refractivity contribution in [2.45, 2.75) is 46.1 Å². The van der Waals surface area contributed by atoms with E-state index in [9.17, 15) is 4.79 Å². The van der Waals surface area contributed by atoms with E-state index in [1.165, 1.54) is 0 Å². The Morgan fingerprint density at radius 1 is 1.44 bits per heavy atom. The van der Waals surface area contributed by atoms with Gasteiger partial charge >= 0.3 is 0 Å². The van der Waals surface area contributed by atoms with Crippen molar-refractivity contribution in [3.63, 3.8) is 0 Å². The third kappa shape index (κ3) is 3.20. The van der Waals surface area contributed by atoms with Crippen LogP contribution in [0.2, 0.25) is 0 Å². The van der Waals surface area contributed by atoms with Crippen molar-refractivity contribution in [2.75, 3.05) is 6.54 Å². The Balaban J connectivity index is 2.92. The van der Waals surface area contributed by atoms with Gasteiger partial charge in [-0.1, -0.05) is 13.8 Å². The first-order valence-corrected chi connectivity index (χ1v) is 7.11. The third-order valence-corrected chi connectivity index (χ3v) is 4.06. The molecule has 1 aromatic rings. The van der Waals surface area contributed by atoms with Crippen LogP contribution in [0.5, 0.6) is 0 Å². The molecule has 0 amide bonds. The molecule has 0 saturated carbocycles. The quantitative estimate of drug-likeness (QED) is 0.875. The van der Waals surface area contributed by atoms with Crippen molar-refractivity contribution in [1.29, 1.82) is 0 Å². The molecule has 0 bridgehead atoms. The Bertz CT molecular complexity index is 438. The lowest BCUT2D eigenvalue weighted by molar-refractivity contribution is -0.123. The third-order valence-electron chi connectivity index (χ3n) is 3.15. The van der Waals surface area contributed by atoms with E-state index in [0.717, 1.165) is 28.8 Å². The average molecular weight is 316 g/mol. The smallest absolute Gasteiger partial charge is 0.158 e. The lowest BCUT2D eigenvalue weighted by Gasteiger charge is -2.24. The number of aryl methyl sites for hydroxylation is 2. The monoisotopic (exact) mass is 315 g/mol. The van der Waals surface area contributed by atoms with Gasteiger partial charge in [0.25, 0.3) is 0 Å². The Kier molecular flexibility index (Phi) is 5.10. The first-order chi connectivity index (χ1) is 8.33. The van der Waals surface area contributed by atoms with E-state index in [1.54, 1.807) is 4.68 Å². The highest BCUT2D eigenvalue weighted by molar-refractivity contribution is 9.10. The number of ketones is 1. The van der Waals surface area contributed by atoms with Crippen molar-refractivity contribution in [3.8, 4) is 0 Å². The van der Waals surface area contributed by atoms with E-state index < -0.39 is 5.54 Å². The molecule has 0 aromatic carbocycles. The van der Waals surface area contributed by atoms with Crippen LogP contribution in [-0.2, 0) is 24.7 Å². The molecule has 5 heteroatoms. The Hall–Kier alpha value is -0.680. The average Bonchev–Trinajstić information content (AvgIpc) is 2.56. The molecule has 1 heterocycles. The zero-order chi connectivity index (χ0) is 13.9. The van der Waals surface area contributed by atoms with Gasteiger partial charge in [0.2, 0.25) is 0 Å². The normalized spacial score (nSPS) is 11.9. The van der Waals surface area contributed by atoms with E-state index in [2.05, 4.69) is 33.3 Å². The molecule has 0 unspecified atom stereocenters. The van der Waals surface area contributed by atoms with Gasteiger partial charge in [-0.15, -0.1) is 0 Å². The fourth-order valence-electron chi connectivity index (χ4n) is 1.93. The number of rotatable bonds is 6. The predicted molar refractivity (Wildman–Crippen MR) is 76.8 cm³/mol. The number of Topliss-reactive ketones (excluding diaryl/α,β-unsaturated/α-hetero) is 1. The van der Waals surface area contributed by atoms with Gasteiger partial charge < -0.3 is 5.32 Å². The van der Waals surface area contributed by atoms with Crippen LogP contribution in [0.25, 0.3) is 0 Å². The van der Waals surface area contributed by atoms with Crippen LogP contribution in [0.3, 0.4) is 0 Å². The lowest BCUT2D eigenvalue weighted by Crippen LogP contribution is -2.47. The molecule has 0 spiro atoms. The summed E-state index contributed by atoms with van der Waals surface area (Å²) in [5.74, 6) is 0.177. The molecule has 1 aromatic heterocycles. The Morgan fingerprint density at radius 3 is 2.50 bits per heavy atom. The highest BCUT2D eigenvalue weighted by Crippen LogP contribution is 2.23. The highest BCUT2D eigenvalue weighted by Gasteiger charge is 2.28. The van der Waals surface area contributed by atoms with Gasteiger partial charge in [-0.05, 0) is 42.7 Å². The number of likely N-dealkylation sites (N-methyl/N-ethyl adjacent to an activating group) is 1. The van der Waals surface area contributed by atoms with Crippen LogP contribution in [0.15, 0.2) is 4.47 Å². The van der Waals surface area contributed by atoms with Crippen molar-refractivity contribution >= 4 is 21.7 Å². The molecule has 0 radical (unpaired) electrons. The maximum Gasteiger partial charge on any atom is 0.158 e. The molecule has 0 fully saturated rings. The molecule has 0 saturated heterocycles.